The van der Waals surface area contributed by atoms with Crippen molar-refractivity contribution in [1.82, 2.24) is 4.90 Å². The van der Waals surface area contributed by atoms with Crippen molar-refractivity contribution >= 4 is 46.8 Å². The van der Waals surface area contributed by atoms with Gasteiger partial charge in [0.2, 0.25) is 5.91 Å². The fraction of sp³-hybridized carbons (Fsp3) is 0.333. The Morgan fingerprint density at radius 2 is 1.95 bits per heavy atom. The first-order chi connectivity index (χ1) is 8.93. The fourth-order valence-corrected chi connectivity index (χ4v) is 4.33. The molecule has 0 aliphatic carbocycles. The van der Waals surface area contributed by atoms with Gasteiger partial charge in [-0.25, -0.2) is 4.79 Å². The van der Waals surface area contributed by atoms with E-state index in [0.717, 1.165) is 0 Å². The van der Waals surface area contributed by atoms with E-state index >= 15 is 0 Å². The van der Waals surface area contributed by atoms with Crippen molar-refractivity contribution in [3.63, 3.8) is 0 Å². The minimum absolute atomic E-state index is 0.307. The van der Waals surface area contributed by atoms with Crippen LogP contribution in [0.3, 0.4) is 0 Å². The summed E-state index contributed by atoms with van der Waals surface area (Å²) in [5, 5.41) is 9.57. The standard InChI is InChI=1S/C12H11Cl2NO3S/c1-6(16)15-9(12(17)18)5-19-11(15)10-7(13)3-2-4-8(10)14/h2-4,9,11H,5H2,1H3,(H,17,18)/t9-,11?/m1/s1. The van der Waals surface area contributed by atoms with Crippen LogP contribution in [0.15, 0.2) is 18.2 Å². The van der Waals surface area contributed by atoms with Crippen molar-refractivity contribution in [3.05, 3.63) is 33.8 Å². The van der Waals surface area contributed by atoms with Crippen LogP contribution in [0.1, 0.15) is 17.9 Å². The van der Waals surface area contributed by atoms with Gasteiger partial charge in [0, 0.05) is 28.3 Å². The SMILES string of the molecule is CC(=O)N1C(c2c(Cl)cccc2Cl)SC[C@@H]1C(=O)O. The van der Waals surface area contributed by atoms with E-state index < -0.39 is 17.4 Å². The van der Waals surface area contributed by atoms with Crippen molar-refractivity contribution in [2.24, 2.45) is 0 Å². The molecule has 1 fully saturated rings. The van der Waals surface area contributed by atoms with Crippen molar-refractivity contribution in [2.45, 2.75) is 18.3 Å². The molecule has 0 aromatic heterocycles. The smallest absolute Gasteiger partial charge is 0.327 e. The van der Waals surface area contributed by atoms with Gasteiger partial charge in [-0.1, -0.05) is 29.3 Å². The molecule has 1 amide bonds. The summed E-state index contributed by atoms with van der Waals surface area (Å²) >= 11 is 13.6. The lowest BCUT2D eigenvalue weighted by Gasteiger charge is -2.27. The van der Waals surface area contributed by atoms with E-state index in [-0.39, 0.29) is 5.91 Å². The minimum Gasteiger partial charge on any atom is -0.480 e. The number of nitrogens with zero attached hydrogens (tertiary/aromatic N) is 1. The third kappa shape index (κ3) is 2.68. The van der Waals surface area contributed by atoms with Gasteiger partial charge >= 0.3 is 5.97 Å². The number of aliphatic carboxylic acids is 1. The predicted octanol–water partition coefficient (Wildman–Crippen LogP) is 3.04. The number of hydrogen-bond donors (Lipinski definition) is 1. The Morgan fingerprint density at radius 1 is 1.37 bits per heavy atom. The molecule has 1 aliphatic rings. The van der Waals surface area contributed by atoms with Crippen molar-refractivity contribution in [2.75, 3.05) is 5.75 Å². The first-order valence-electron chi connectivity index (χ1n) is 5.50. The number of thioether (sulfide) groups is 1. The summed E-state index contributed by atoms with van der Waals surface area (Å²) in [5.74, 6) is -1.01. The Kier molecular flexibility index (Phi) is 4.28. The normalized spacial score (nSPS) is 22.6. The fourth-order valence-electron chi connectivity index (χ4n) is 2.05. The van der Waals surface area contributed by atoms with E-state index in [1.165, 1.54) is 23.6 Å². The Bertz CT molecular complexity index is 517. The molecule has 0 bridgehead atoms. The number of amides is 1. The number of halogens is 2. The summed E-state index contributed by atoms with van der Waals surface area (Å²) in [7, 11) is 0. The number of carboxylic acids is 1. The molecule has 19 heavy (non-hydrogen) atoms. The molecule has 1 aromatic carbocycles. The number of carbonyl (C=O) groups is 2. The lowest BCUT2D eigenvalue weighted by atomic mass is 10.1. The Balaban J connectivity index is 2.45. The zero-order chi connectivity index (χ0) is 14.2. The van der Waals surface area contributed by atoms with Crippen LogP contribution in [-0.2, 0) is 9.59 Å². The summed E-state index contributed by atoms with van der Waals surface area (Å²) in [6.07, 6.45) is 0. The van der Waals surface area contributed by atoms with Crippen molar-refractivity contribution < 1.29 is 14.7 Å². The number of carboxylic acid groups (broad SMARTS) is 1. The lowest BCUT2D eigenvalue weighted by Crippen LogP contribution is -2.41. The molecule has 0 spiro atoms. The maximum atomic E-state index is 11.7. The molecule has 1 unspecified atom stereocenters. The van der Waals surface area contributed by atoms with Gasteiger partial charge < -0.3 is 10.0 Å². The van der Waals surface area contributed by atoms with Crippen LogP contribution in [0, 0.1) is 0 Å². The van der Waals surface area contributed by atoms with E-state index in [1.807, 2.05) is 0 Å². The van der Waals surface area contributed by atoms with E-state index in [1.54, 1.807) is 18.2 Å². The second-order valence-corrected chi connectivity index (χ2v) is 6.03. The second kappa shape index (κ2) is 5.61. The summed E-state index contributed by atoms with van der Waals surface area (Å²) in [6, 6.07) is 4.21. The summed E-state index contributed by atoms with van der Waals surface area (Å²) < 4.78 is 0. The second-order valence-electron chi connectivity index (χ2n) is 4.10. The third-order valence-electron chi connectivity index (χ3n) is 2.90. The topological polar surface area (TPSA) is 57.6 Å². The van der Waals surface area contributed by atoms with Gasteiger partial charge in [-0.15, -0.1) is 11.8 Å². The Morgan fingerprint density at radius 3 is 2.42 bits per heavy atom. The van der Waals surface area contributed by atoms with Crippen LogP contribution in [0.25, 0.3) is 0 Å². The van der Waals surface area contributed by atoms with Crippen LogP contribution in [-0.4, -0.2) is 33.7 Å². The molecule has 0 saturated carbocycles. The summed E-state index contributed by atoms with van der Waals surface area (Å²) in [5.41, 5.74) is 0.592. The highest BCUT2D eigenvalue weighted by atomic mass is 35.5. The number of benzene rings is 1. The van der Waals surface area contributed by atoms with Gasteiger partial charge in [-0.2, -0.15) is 0 Å². The molecular formula is C12H11Cl2NO3S. The maximum absolute atomic E-state index is 11.7. The van der Waals surface area contributed by atoms with Crippen LogP contribution >= 0.6 is 35.0 Å². The van der Waals surface area contributed by atoms with E-state index in [9.17, 15) is 9.59 Å². The molecule has 1 saturated heterocycles. The molecule has 1 aromatic rings. The maximum Gasteiger partial charge on any atom is 0.327 e. The van der Waals surface area contributed by atoms with E-state index in [0.29, 0.717) is 21.4 Å². The number of carbonyl (C=O) groups excluding carboxylic acids is 1. The lowest BCUT2D eigenvalue weighted by molar-refractivity contribution is -0.148. The third-order valence-corrected chi connectivity index (χ3v) is 4.84. The molecule has 1 N–H and O–H groups in total. The average molecular weight is 320 g/mol. The zero-order valence-corrected chi connectivity index (χ0v) is 12.3. The van der Waals surface area contributed by atoms with E-state index in [2.05, 4.69) is 0 Å². The highest BCUT2D eigenvalue weighted by molar-refractivity contribution is 7.99. The summed E-state index contributed by atoms with van der Waals surface area (Å²) in [6.45, 7) is 1.35. The van der Waals surface area contributed by atoms with Gasteiger partial charge in [-0.3, -0.25) is 4.79 Å². The van der Waals surface area contributed by atoms with Gasteiger partial charge in [0.25, 0.3) is 0 Å². The average Bonchev–Trinajstić information content (AvgIpc) is 2.73. The quantitative estimate of drug-likeness (QED) is 0.910. The van der Waals surface area contributed by atoms with E-state index in [4.69, 9.17) is 28.3 Å². The van der Waals surface area contributed by atoms with Crippen molar-refractivity contribution in [3.8, 4) is 0 Å². The first kappa shape index (κ1) is 14.5. The molecule has 1 heterocycles. The van der Waals surface area contributed by atoms with Crippen LogP contribution < -0.4 is 0 Å². The highest BCUT2D eigenvalue weighted by Gasteiger charge is 2.42. The highest BCUT2D eigenvalue weighted by Crippen LogP contribution is 2.46. The molecular weight excluding hydrogens is 309 g/mol. The number of hydrogen-bond acceptors (Lipinski definition) is 3. The molecule has 102 valence electrons. The molecule has 2 atom stereocenters. The molecule has 4 nitrogen and oxygen atoms in total. The number of rotatable bonds is 2. The first-order valence-corrected chi connectivity index (χ1v) is 7.31. The van der Waals surface area contributed by atoms with Crippen LogP contribution in [0.5, 0.6) is 0 Å². The molecule has 2 rings (SSSR count). The van der Waals surface area contributed by atoms with Crippen molar-refractivity contribution in [1.29, 1.82) is 0 Å². The summed E-state index contributed by atoms with van der Waals surface area (Å²) in [4.78, 5) is 24.2. The Labute approximate surface area is 124 Å². The van der Waals surface area contributed by atoms with Gasteiger partial charge in [0.15, 0.2) is 0 Å². The Hall–Kier alpha value is -0.910. The zero-order valence-electron chi connectivity index (χ0n) is 9.97. The van der Waals surface area contributed by atoms with Gasteiger partial charge in [0.1, 0.15) is 11.4 Å². The molecule has 7 heteroatoms. The molecule has 1 aliphatic heterocycles. The van der Waals surface area contributed by atoms with Gasteiger partial charge in [-0.05, 0) is 12.1 Å². The molecule has 0 radical (unpaired) electrons. The van der Waals surface area contributed by atoms with Gasteiger partial charge in [0.05, 0.1) is 0 Å². The predicted molar refractivity (Wildman–Crippen MR) is 75.6 cm³/mol. The van der Waals surface area contributed by atoms with Crippen LogP contribution in [0.4, 0.5) is 0 Å². The largest absolute Gasteiger partial charge is 0.480 e. The minimum atomic E-state index is -1.02. The monoisotopic (exact) mass is 319 g/mol. The van der Waals surface area contributed by atoms with Crippen LogP contribution in [0.2, 0.25) is 10.0 Å².